The molecule has 25 heavy (non-hydrogen) atoms. The third-order valence-electron chi connectivity index (χ3n) is 3.35. The van der Waals surface area contributed by atoms with Gasteiger partial charge in [-0.05, 0) is 55.3 Å². The van der Waals surface area contributed by atoms with Crippen LogP contribution in [0, 0.1) is 11.6 Å². The summed E-state index contributed by atoms with van der Waals surface area (Å²) in [5.41, 5.74) is 5.21. The van der Waals surface area contributed by atoms with E-state index in [2.05, 4.69) is 10.9 Å². The molecule has 0 aliphatic carbocycles. The first kappa shape index (κ1) is 18.4. The lowest BCUT2D eigenvalue weighted by atomic mass is 10.1. The molecule has 2 N–H and O–H groups in total. The van der Waals surface area contributed by atoms with E-state index in [4.69, 9.17) is 4.74 Å². The zero-order valence-electron chi connectivity index (χ0n) is 13.6. The molecule has 0 aliphatic heterocycles. The minimum absolute atomic E-state index is 0.0942. The van der Waals surface area contributed by atoms with Crippen molar-refractivity contribution in [1.29, 1.82) is 0 Å². The fraction of sp³-hybridized carbons (Fsp3) is 0.222. The van der Waals surface area contributed by atoms with Crippen LogP contribution in [0.3, 0.4) is 0 Å². The molecule has 0 aliphatic rings. The molecule has 2 rings (SSSR count). The van der Waals surface area contributed by atoms with E-state index in [0.717, 1.165) is 0 Å². The number of amides is 2. The smallest absolute Gasteiger partial charge is 0.279 e. The standard InChI is InChI=1S/C18H18F2N2O3/c1-12(25-16-8-6-14(19)7-9-16)18(24)22-21-17(23)10-5-13-3-2-4-15(20)11-13/h2-4,6-9,11-12H,5,10H2,1H3,(H,21,23)(H,22,24). The molecule has 2 amide bonds. The van der Waals surface area contributed by atoms with Gasteiger partial charge in [-0.3, -0.25) is 20.4 Å². The highest BCUT2D eigenvalue weighted by Gasteiger charge is 2.15. The van der Waals surface area contributed by atoms with Crippen molar-refractivity contribution in [1.82, 2.24) is 10.9 Å². The highest BCUT2D eigenvalue weighted by Crippen LogP contribution is 2.13. The largest absolute Gasteiger partial charge is 0.481 e. The van der Waals surface area contributed by atoms with Crippen molar-refractivity contribution in [2.24, 2.45) is 0 Å². The normalized spacial score (nSPS) is 11.5. The second-order valence-corrected chi connectivity index (χ2v) is 5.38. The minimum atomic E-state index is -0.881. The molecular formula is C18H18F2N2O3. The zero-order valence-corrected chi connectivity index (χ0v) is 13.6. The Hall–Kier alpha value is -2.96. The molecule has 0 saturated carbocycles. The maximum Gasteiger partial charge on any atom is 0.279 e. The van der Waals surface area contributed by atoms with Gasteiger partial charge in [0.25, 0.3) is 5.91 Å². The number of carbonyl (C=O) groups excluding carboxylic acids is 2. The van der Waals surface area contributed by atoms with Crippen molar-refractivity contribution < 1.29 is 23.1 Å². The van der Waals surface area contributed by atoms with Crippen molar-refractivity contribution in [3.05, 3.63) is 65.7 Å². The lowest BCUT2D eigenvalue weighted by Crippen LogP contribution is -2.47. The van der Waals surface area contributed by atoms with Gasteiger partial charge >= 0.3 is 0 Å². The molecule has 0 bridgehead atoms. The molecule has 1 unspecified atom stereocenters. The summed E-state index contributed by atoms with van der Waals surface area (Å²) < 4.78 is 31.2. The Balaban J connectivity index is 1.72. The van der Waals surface area contributed by atoms with Crippen LogP contribution in [0.15, 0.2) is 48.5 Å². The Morgan fingerprint density at radius 3 is 2.44 bits per heavy atom. The molecule has 0 aromatic heterocycles. The number of carbonyl (C=O) groups is 2. The first-order valence-electron chi connectivity index (χ1n) is 7.69. The fourth-order valence-corrected chi connectivity index (χ4v) is 2.02. The number of benzene rings is 2. The Kier molecular flexibility index (Phi) is 6.45. The summed E-state index contributed by atoms with van der Waals surface area (Å²) >= 11 is 0. The van der Waals surface area contributed by atoms with E-state index in [0.29, 0.717) is 17.7 Å². The van der Waals surface area contributed by atoms with E-state index in [1.807, 2.05) is 0 Å². The summed E-state index contributed by atoms with van der Waals surface area (Å²) in [6.07, 6.45) is -0.438. The molecule has 0 radical (unpaired) electrons. The SMILES string of the molecule is CC(Oc1ccc(F)cc1)C(=O)NNC(=O)CCc1cccc(F)c1. The van der Waals surface area contributed by atoms with Crippen LogP contribution >= 0.6 is 0 Å². The number of hydrogen-bond donors (Lipinski definition) is 2. The predicted molar refractivity (Wildman–Crippen MR) is 87.5 cm³/mol. The maximum atomic E-state index is 13.0. The summed E-state index contributed by atoms with van der Waals surface area (Å²) in [6.45, 7) is 1.50. The first-order chi connectivity index (χ1) is 11.9. The molecule has 2 aromatic carbocycles. The summed E-state index contributed by atoms with van der Waals surface area (Å²) in [6, 6.07) is 11.2. The molecule has 0 saturated heterocycles. The van der Waals surface area contributed by atoms with Crippen LogP contribution in [-0.2, 0) is 16.0 Å². The van der Waals surface area contributed by atoms with E-state index >= 15 is 0 Å². The predicted octanol–water partition coefficient (Wildman–Crippen LogP) is 2.51. The van der Waals surface area contributed by atoms with Gasteiger partial charge in [0.05, 0.1) is 0 Å². The van der Waals surface area contributed by atoms with Crippen LogP contribution in [-0.4, -0.2) is 17.9 Å². The van der Waals surface area contributed by atoms with E-state index in [1.54, 1.807) is 12.1 Å². The van der Waals surface area contributed by atoms with Gasteiger partial charge in [-0.1, -0.05) is 12.1 Å². The molecule has 1 atom stereocenters. The van der Waals surface area contributed by atoms with Crippen molar-refractivity contribution in [2.45, 2.75) is 25.9 Å². The number of halogens is 2. The summed E-state index contributed by atoms with van der Waals surface area (Å²) in [7, 11) is 0. The van der Waals surface area contributed by atoms with E-state index < -0.39 is 23.7 Å². The number of hydrazine groups is 1. The summed E-state index contributed by atoms with van der Waals surface area (Å²) in [4.78, 5) is 23.6. The third-order valence-corrected chi connectivity index (χ3v) is 3.35. The topological polar surface area (TPSA) is 67.4 Å². The quantitative estimate of drug-likeness (QED) is 0.789. The van der Waals surface area contributed by atoms with Crippen molar-refractivity contribution in [3.8, 4) is 5.75 Å². The van der Waals surface area contributed by atoms with Gasteiger partial charge in [-0.15, -0.1) is 0 Å². The number of hydrogen-bond acceptors (Lipinski definition) is 3. The van der Waals surface area contributed by atoms with Gasteiger partial charge in [-0.2, -0.15) is 0 Å². The van der Waals surface area contributed by atoms with Crippen LogP contribution in [0.1, 0.15) is 18.9 Å². The average molecular weight is 348 g/mol. The molecule has 132 valence electrons. The maximum absolute atomic E-state index is 13.0. The Labute approximate surface area is 144 Å². The van der Waals surface area contributed by atoms with Crippen LogP contribution in [0.5, 0.6) is 5.75 Å². The van der Waals surface area contributed by atoms with E-state index in [-0.39, 0.29) is 12.2 Å². The molecule has 5 nitrogen and oxygen atoms in total. The number of nitrogens with one attached hydrogen (secondary N) is 2. The number of rotatable bonds is 6. The molecule has 0 fully saturated rings. The van der Waals surface area contributed by atoms with Gasteiger partial charge in [0.1, 0.15) is 17.4 Å². The van der Waals surface area contributed by atoms with Gasteiger partial charge in [0, 0.05) is 6.42 Å². The van der Waals surface area contributed by atoms with E-state index in [9.17, 15) is 18.4 Å². The van der Waals surface area contributed by atoms with Crippen LogP contribution in [0.25, 0.3) is 0 Å². The highest BCUT2D eigenvalue weighted by atomic mass is 19.1. The average Bonchev–Trinajstić information content (AvgIpc) is 2.60. The second kappa shape index (κ2) is 8.77. The molecule has 0 spiro atoms. The van der Waals surface area contributed by atoms with Gasteiger partial charge in [0.15, 0.2) is 6.10 Å². The monoisotopic (exact) mass is 348 g/mol. The molecule has 0 heterocycles. The minimum Gasteiger partial charge on any atom is -0.481 e. The Morgan fingerprint density at radius 2 is 1.76 bits per heavy atom. The lowest BCUT2D eigenvalue weighted by molar-refractivity contribution is -0.132. The Bertz CT molecular complexity index is 735. The Morgan fingerprint density at radius 1 is 1.04 bits per heavy atom. The second-order valence-electron chi connectivity index (χ2n) is 5.38. The van der Waals surface area contributed by atoms with Crippen molar-refractivity contribution in [2.75, 3.05) is 0 Å². The summed E-state index contributed by atoms with van der Waals surface area (Å²) in [5, 5.41) is 0. The number of aryl methyl sites for hydroxylation is 1. The molecule has 2 aromatic rings. The zero-order chi connectivity index (χ0) is 18.2. The lowest BCUT2D eigenvalue weighted by Gasteiger charge is -2.15. The van der Waals surface area contributed by atoms with Crippen molar-refractivity contribution >= 4 is 11.8 Å². The van der Waals surface area contributed by atoms with Gasteiger partial charge in [-0.25, -0.2) is 8.78 Å². The summed E-state index contributed by atoms with van der Waals surface area (Å²) in [5.74, 6) is -1.40. The van der Waals surface area contributed by atoms with Crippen molar-refractivity contribution in [3.63, 3.8) is 0 Å². The molecular weight excluding hydrogens is 330 g/mol. The van der Waals surface area contributed by atoms with E-state index in [1.165, 1.54) is 43.3 Å². The van der Waals surface area contributed by atoms with Gasteiger partial charge < -0.3 is 4.74 Å². The number of ether oxygens (including phenoxy) is 1. The fourth-order valence-electron chi connectivity index (χ4n) is 2.02. The van der Waals surface area contributed by atoms with Crippen LogP contribution in [0.2, 0.25) is 0 Å². The van der Waals surface area contributed by atoms with Gasteiger partial charge in [0.2, 0.25) is 5.91 Å². The van der Waals surface area contributed by atoms with Crippen LogP contribution in [0.4, 0.5) is 8.78 Å². The first-order valence-corrected chi connectivity index (χ1v) is 7.69. The molecule has 7 heteroatoms. The van der Waals surface area contributed by atoms with Crippen LogP contribution < -0.4 is 15.6 Å². The third kappa shape index (κ3) is 6.21. The highest BCUT2D eigenvalue weighted by molar-refractivity contribution is 5.84.